The van der Waals surface area contributed by atoms with E-state index < -0.39 is 28.7 Å². The minimum atomic E-state index is -1.59. The smallest absolute Gasteiger partial charge is 0.345 e. The third-order valence-corrected chi connectivity index (χ3v) is 2.56. The average Bonchev–Trinajstić information content (AvgIpc) is 2.25. The standard InChI is InChI=1S/C11H8FNO4/c1-13-6-4-2-3-5(12)7(6)9(14)8(10(13)15)11(16)17/h2-4,14H,1H3,(H,16,17). The fourth-order valence-electron chi connectivity index (χ4n) is 1.72. The predicted octanol–water partition coefficient (Wildman–Crippen LogP) is 1.08. The summed E-state index contributed by atoms with van der Waals surface area (Å²) in [6.07, 6.45) is 0. The average molecular weight is 237 g/mol. The highest BCUT2D eigenvalue weighted by Crippen LogP contribution is 2.28. The Balaban J connectivity index is 3.13. The lowest BCUT2D eigenvalue weighted by Crippen LogP contribution is -2.24. The van der Waals surface area contributed by atoms with Crippen LogP contribution in [0.15, 0.2) is 23.0 Å². The normalized spacial score (nSPS) is 10.7. The first kappa shape index (κ1) is 11.1. The molecular formula is C11H8FNO4. The molecule has 2 N–H and O–H groups in total. The van der Waals surface area contributed by atoms with Crippen LogP contribution in [0.25, 0.3) is 10.9 Å². The van der Waals surface area contributed by atoms with Gasteiger partial charge in [0.15, 0.2) is 5.56 Å². The largest absolute Gasteiger partial charge is 0.506 e. The topological polar surface area (TPSA) is 79.5 Å². The molecule has 0 aliphatic rings. The number of carbonyl (C=O) groups is 1. The summed E-state index contributed by atoms with van der Waals surface area (Å²) in [6.45, 7) is 0. The maximum atomic E-state index is 13.5. The molecule has 88 valence electrons. The lowest BCUT2D eigenvalue weighted by Gasteiger charge is -2.09. The molecule has 0 fully saturated rings. The summed E-state index contributed by atoms with van der Waals surface area (Å²) in [7, 11) is 1.32. The number of carboxylic acids is 1. The molecule has 0 aliphatic carbocycles. The molecule has 0 saturated carbocycles. The lowest BCUT2D eigenvalue weighted by molar-refractivity contribution is 0.0691. The van der Waals surface area contributed by atoms with E-state index in [1.54, 1.807) is 0 Å². The van der Waals surface area contributed by atoms with Gasteiger partial charge in [0.25, 0.3) is 5.56 Å². The summed E-state index contributed by atoms with van der Waals surface area (Å²) in [5.74, 6) is -3.21. The first-order valence-electron chi connectivity index (χ1n) is 4.68. The van der Waals surface area contributed by atoms with E-state index in [1.807, 2.05) is 0 Å². The van der Waals surface area contributed by atoms with Crippen molar-refractivity contribution in [2.45, 2.75) is 0 Å². The molecule has 17 heavy (non-hydrogen) atoms. The van der Waals surface area contributed by atoms with Crippen LogP contribution in [-0.4, -0.2) is 20.7 Å². The molecule has 1 aromatic carbocycles. The van der Waals surface area contributed by atoms with Gasteiger partial charge in [0.05, 0.1) is 10.9 Å². The summed E-state index contributed by atoms with van der Waals surface area (Å²) in [5.41, 5.74) is -1.57. The summed E-state index contributed by atoms with van der Waals surface area (Å²) in [4.78, 5) is 22.5. The van der Waals surface area contributed by atoms with Crippen molar-refractivity contribution in [1.82, 2.24) is 4.57 Å². The first-order chi connectivity index (χ1) is 7.95. The summed E-state index contributed by atoms with van der Waals surface area (Å²) in [6, 6.07) is 3.88. The number of aromatic nitrogens is 1. The lowest BCUT2D eigenvalue weighted by atomic mass is 10.1. The van der Waals surface area contributed by atoms with Crippen LogP contribution in [0, 0.1) is 5.82 Å². The molecule has 0 unspecified atom stereocenters. The number of pyridine rings is 1. The number of hydrogen-bond acceptors (Lipinski definition) is 3. The van der Waals surface area contributed by atoms with Crippen molar-refractivity contribution >= 4 is 16.9 Å². The van der Waals surface area contributed by atoms with E-state index in [4.69, 9.17) is 5.11 Å². The zero-order valence-electron chi connectivity index (χ0n) is 8.77. The van der Waals surface area contributed by atoms with Gasteiger partial charge in [-0.15, -0.1) is 0 Å². The molecule has 0 aliphatic heterocycles. The Hall–Kier alpha value is -2.37. The highest BCUT2D eigenvalue weighted by atomic mass is 19.1. The summed E-state index contributed by atoms with van der Waals surface area (Å²) >= 11 is 0. The maximum Gasteiger partial charge on any atom is 0.345 e. The Morgan fingerprint density at radius 2 is 2.06 bits per heavy atom. The molecule has 0 amide bonds. The summed E-state index contributed by atoms with van der Waals surface area (Å²) < 4.78 is 14.5. The third-order valence-electron chi connectivity index (χ3n) is 2.56. The molecule has 0 spiro atoms. The van der Waals surface area contributed by atoms with Crippen LogP contribution in [0.1, 0.15) is 10.4 Å². The van der Waals surface area contributed by atoms with Crippen LogP contribution in [0.3, 0.4) is 0 Å². The van der Waals surface area contributed by atoms with Gasteiger partial charge in [0, 0.05) is 7.05 Å². The Morgan fingerprint density at radius 3 is 2.65 bits per heavy atom. The van der Waals surface area contributed by atoms with Crippen LogP contribution in [0.5, 0.6) is 5.75 Å². The monoisotopic (exact) mass is 237 g/mol. The Labute approximate surface area is 94.3 Å². The second kappa shape index (κ2) is 3.58. The SMILES string of the molecule is Cn1c(=O)c(C(=O)O)c(O)c2c(F)cccc21. The quantitative estimate of drug-likeness (QED) is 0.777. The maximum absolute atomic E-state index is 13.5. The minimum Gasteiger partial charge on any atom is -0.506 e. The molecule has 2 rings (SSSR count). The zero-order chi connectivity index (χ0) is 12.7. The number of aromatic carboxylic acids is 1. The number of aromatic hydroxyl groups is 1. The molecule has 0 atom stereocenters. The van der Waals surface area contributed by atoms with Crippen molar-refractivity contribution in [3.05, 3.63) is 39.9 Å². The fraction of sp³-hybridized carbons (Fsp3) is 0.0909. The molecular weight excluding hydrogens is 229 g/mol. The molecule has 5 nitrogen and oxygen atoms in total. The van der Waals surface area contributed by atoms with Gasteiger partial charge in [0.2, 0.25) is 0 Å². The fourth-order valence-corrected chi connectivity index (χ4v) is 1.72. The number of benzene rings is 1. The van der Waals surface area contributed by atoms with E-state index in [0.717, 1.165) is 10.6 Å². The Kier molecular flexibility index (Phi) is 2.35. The molecule has 0 saturated heterocycles. The molecule has 1 heterocycles. The highest BCUT2D eigenvalue weighted by Gasteiger charge is 2.21. The molecule has 6 heteroatoms. The summed E-state index contributed by atoms with van der Waals surface area (Å²) in [5, 5.41) is 18.2. The van der Waals surface area contributed by atoms with Crippen molar-refractivity contribution in [2.24, 2.45) is 7.05 Å². The van der Waals surface area contributed by atoms with Crippen LogP contribution in [0.4, 0.5) is 4.39 Å². The van der Waals surface area contributed by atoms with Crippen molar-refractivity contribution in [3.63, 3.8) is 0 Å². The van der Waals surface area contributed by atoms with Crippen molar-refractivity contribution < 1.29 is 19.4 Å². The number of nitrogens with zero attached hydrogens (tertiary/aromatic N) is 1. The molecule has 0 radical (unpaired) electrons. The Bertz CT molecular complexity index is 690. The molecule has 2 aromatic rings. The second-order valence-electron chi connectivity index (χ2n) is 3.53. The van der Waals surface area contributed by atoms with E-state index in [-0.39, 0.29) is 10.9 Å². The first-order valence-corrected chi connectivity index (χ1v) is 4.68. The number of carboxylic acid groups (broad SMARTS) is 1. The molecule has 1 aromatic heterocycles. The Morgan fingerprint density at radius 1 is 1.41 bits per heavy atom. The highest BCUT2D eigenvalue weighted by molar-refractivity contribution is 5.98. The second-order valence-corrected chi connectivity index (χ2v) is 3.53. The van der Waals surface area contributed by atoms with Crippen molar-refractivity contribution in [1.29, 1.82) is 0 Å². The van der Waals surface area contributed by atoms with E-state index >= 15 is 0 Å². The zero-order valence-corrected chi connectivity index (χ0v) is 8.77. The van der Waals surface area contributed by atoms with Crippen LogP contribution < -0.4 is 5.56 Å². The van der Waals surface area contributed by atoms with E-state index in [1.165, 1.54) is 19.2 Å². The van der Waals surface area contributed by atoms with Gasteiger partial charge in [-0.3, -0.25) is 4.79 Å². The predicted molar refractivity (Wildman–Crippen MR) is 57.8 cm³/mol. The van der Waals surface area contributed by atoms with Gasteiger partial charge in [-0.05, 0) is 12.1 Å². The van der Waals surface area contributed by atoms with Gasteiger partial charge in [-0.2, -0.15) is 0 Å². The van der Waals surface area contributed by atoms with Gasteiger partial charge < -0.3 is 14.8 Å². The number of hydrogen-bond donors (Lipinski definition) is 2. The van der Waals surface area contributed by atoms with Gasteiger partial charge >= 0.3 is 5.97 Å². The van der Waals surface area contributed by atoms with Gasteiger partial charge in [-0.25, -0.2) is 9.18 Å². The molecule has 0 bridgehead atoms. The van der Waals surface area contributed by atoms with Crippen molar-refractivity contribution in [2.75, 3.05) is 0 Å². The van der Waals surface area contributed by atoms with Crippen molar-refractivity contribution in [3.8, 4) is 5.75 Å². The van der Waals surface area contributed by atoms with E-state index in [2.05, 4.69) is 0 Å². The third kappa shape index (κ3) is 1.45. The minimum absolute atomic E-state index is 0.137. The van der Waals surface area contributed by atoms with Crippen LogP contribution in [-0.2, 0) is 7.05 Å². The number of fused-ring (bicyclic) bond motifs is 1. The van der Waals surface area contributed by atoms with Gasteiger partial charge in [0.1, 0.15) is 11.6 Å². The van der Waals surface area contributed by atoms with Crippen LogP contribution in [0.2, 0.25) is 0 Å². The van der Waals surface area contributed by atoms with E-state index in [9.17, 15) is 19.1 Å². The van der Waals surface area contributed by atoms with Crippen LogP contribution >= 0.6 is 0 Å². The van der Waals surface area contributed by atoms with E-state index in [0.29, 0.717) is 0 Å². The van der Waals surface area contributed by atoms with Gasteiger partial charge in [-0.1, -0.05) is 6.07 Å². The number of aryl methyl sites for hydroxylation is 1. The number of rotatable bonds is 1. The number of halogens is 1.